The third kappa shape index (κ3) is 31.4. The number of aliphatic hydroxyl groups excluding tert-OH is 8. The Balaban J connectivity index is 1.51. The summed E-state index contributed by atoms with van der Waals surface area (Å²) in [5.41, 5.74) is 0. The number of unbranched alkanes of at least 4 members (excludes halogenated alkanes) is 28. The molecule has 0 radical (unpaired) electrons. The molecule has 74 heavy (non-hydrogen) atoms. The van der Waals surface area contributed by atoms with E-state index in [0.29, 0.717) is 6.42 Å². The average molecular weight is 1050 g/mol. The first-order chi connectivity index (χ1) is 36.1. The molecular weight excluding hydrogens is 943 g/mol. The van der Waals surface area contributed by atoms with Crippen LogP contribution in [0.15, 0.2) is 48.6 Å². The second kappa shape index (κ2) is 45.9. The molecule has 0 spiro atoms. The van der Waals surface area contributed by atoms with Crippen LogP contribution in [-0.4, -0.2) is 140 Å². The van der Waals surface area contributed by atoms with Crippen molar-refractivity contribution < 1.29 is 64.6 Å². The first-order valence-corrected chi connectivity index (χ1v) is 29.9. The lowest BCUT2D eigenvalue weighted by Crippen LogP contribution is -2.65. The van der Waals surface area contributed by atoms with E-state index in [1.807, 2.05) is 6.08 Å². The summed E-state index contributed by atoms with van der Waals surface area (Å²) in [6, 6.07) is -0.909. The van der Waals surface area contributed by atoms with E-state index >= 15 is 0 Å². The topological polar surface area (TPSA) is 228 Å². The molecule has 2 aliphatic rings. The molecule has 2 heterocycles. The second-order valence-corrected chi connectivity index (χ2v) is 21.1. The minimum Gasteiger partial charge on any atom is -0.394 e. The van der Waals surface area contributed by atoms with Crippen molar-refractivity contribution in [2.24, 2.45) is 0 Å². The van der Waals surface area contributed by atoms with Crippen molar-refractivity contribution in [3.05, 3.63) is 48.6 Å². The first kappa shape index (κ1) is 68.1. The molecule has 0 saturated carbocycles. The number of hydrogen-bond acceptors (Lipinski definition) is 13. The zero-order valence-electron chi connectivity index (χ0n) is 46.3. The maximum atomic E-state index is 13.1. The van der Waals surface area contributed by atoms with E-state index in [2.05, 4.69) is 55.6 Å². The van der Waals surface area contributed by atoms with Crippen LogP contribution in [-0.2, 0) is 23.7 Å². The maximum Gasteiger partial charge on any atom is 0.220 e. The lowest BCUT2D eigenvalue weighted by Gasteiger charge is -2.46. The van der Waals surface area contributed by atoms with Crippen LogP contribution in [0.1, 0.15) is 232 Å². The number of allylic oxidation sites excluding steroid dienone is 7. The highest BCUT2D eigenvalue weighted by Gasteiger charge is 2.51. The van der Waals surface area contributed by atoms with E-state index in [1.165, 1.54) is 148 Å². The predicted octanol–water partition coefficient (Wildman–Crippen LogP) is 10.0. The predicted molar refractivity (Wildman–Crippen MR) is 295 cm³/mol. The van der Waals surface area contributed by atoms with Crippen LogP contribution in [0, 0.1) is 0 Å². The van der Waals surface area contributed by atoms with E-state index in [-0.39, 0.29) is 18.9 Å². The van der Waals surface area contributed by atoms with Crippen LogP contribution in [0.4, 0.5) is 0 Å². The molecule has 0 aromatic rings. The highest BCUT2D eigenvalue weighted by atomic mass is 16.7. The van der Waals surface area contributed by atoms with Crippen molar-refractivity contribution in [2.75, 3.05) is 19.8 Å². The number of amides is 1. The standard InChI is InChI=1S/C60H109NO13/c1-3-5-7-9-10-11-12-13-14-15-16-17-18-19-20-21-22-23-24-25-26-27-28-29-30-31-32-33-34-35-36-37-38-40-42-44-52(65)61-48(49(64)43-41-39-8-6-4-2)47-71-59-57(70)55(68)58(51(46-63)73-59)74-60-56(69)54(67)53(66)50(45-62)72-60/h12-13,15-16,18-19,41,43,48-51,53-60,62-64,66-70H,3-11,14,17,20-40,42,44-47H2,1-2H3,(H,61,65)/b13-12-,16-15-,19-18-,43-41+. The Kier molecular flexibility index (Phi) is 42.2. The fourth-order valence-electron chi connectivity index (χ4n) is 9.65. The Bertz CT molecular complexity index is 1430. The molecule has 12 unspecified atom stereocenters. The van der Waals surface area contributed by atoms with Gasteiger partial charge in [-0.05, 0) is 57.8 Å². The summed E-state index contributed by atoms with van der Waals surface area (Å²) in [6.45, 7) is 2.66. The molecule has 2 fully saturated rings. The molecule has 9 N–H and O–H groups in total. The van der Waals surface area contributed by atoms with Crippen molar-refractivity contribution >= 4 is 5.91 Å². The highest BCUT2D eigenvalue weighted by molar-refractivity contribution is 5.76. The molecule has 0 aromatic heterocycles. The summed E-state index contributed by atoms with van der Waals surface area (Å²) in [5.74, 6) is -0.245. The van der Waals surface area contributed by atoms with Gasteiger partial charge >= 0.3 is 0 Å². The van der Waals surface area contributed by atoms with Crippen LogP contribution in [0.5, 0.6) is 0 Å². The van der Waals surface area contributed by atoms with E-state index in [9.17, 15) is 45.6 Å². The van der Waals surface area contributed by atoms with E-state index in [0.717, 1.165) is 57.8 Å². The third-order valence-corrected chi connectivity index (χ3v) is 14.5. The normalized spacial score (nSPS) is 25.5. The first-order valence-electron chi connectivity index (χ1n) is 29.9. The molecule has 432 valence electrons. The van der Waals surface area contributed by atoms with Gasteiger partial charge in [0.25, 0.3) is 0 Å². The molecule has 1 amide bonds. The fourth-order valence-corrected chi connectivity index (χ4v) is 9.65. The van der Waals surface area contributed by atoms with Crippen LogP contribution >= 0.6 is 0 Å². The van der Waals surface area contributed by atoms with Crippen LogP contribution in [0.25, 0.3) is 0 Å². The number of nitrogens with one attached hydrogen (secondary N) is 1. The van der Waals surface area contributed by atoms with Gasteiger partial charge < -0.3 is 65.1 Å². The molecule has 2 aliphatic heterocycles. The number of carbonyl (C=O) groups is 1. The number of rotatable bonds is 47. The number of ether oxygens (including phenoxy) is 4. The smallest absolute Gasteiger partial charge is 0.220 e. The second-order valence-electron chi connectivity index (χ2n) is 21.1. The van der Waals surface area contributed by atoms with Gasteiger partial charge in [-0.25, -0.2) is 0 Å². The lowest BCUT2D eigenvalue weighted by molar-refractivity contribution is -0.359. The molecule has 0 aliphatic carbocycles. The van der Waals surface area contributed by atoms with Gasteiger partial charge in [0.2, 0.25) is 5.91 Å². The molecule has 0 bridgehead atoms. The van der Waals surface area contributed by atoms with Gasteiger partial charge in [-0.1, -0.05) is 217 Å². The van der Waals surface area contributed by atoms with Gasteiger partial charge in [0, 0.05) is 6.42 Å². The summed E-state index contributed by atoms with van der Waals surface area (Å²) >= 11 is 0. The molecular formula is C60H109NO13. The summed E-state index contributed by atoms with van der Waals surface area (Å²) in [5, 5.41) is 86.3. The monoisotopic (exact) mass is 1050 g/mol. The van der Waals surface area contributed by atoms with Crippen LogP contribution in [0.3, 0.4) is 0 Å². The summed E-state index contributed by atoms with van der Waals surface area (Å²) in [7, 11) is 0. The Morgan fingerprint density at radius 1 is 0.486 bits per heavy atom. The van der Waals surface area contributed by atoms with Crippen molar-refractivity contribution in [1.82, 2.24) is 5.32 Å². The van der Waals surface area contributed by atoms with E-state index < -0.39 is 86.8 Å². The Hall–Kier alpha value is -2.05. The average Bonchev–Trinajstić information content (AvgIpc) is 3.40. The lowest BCUT2D eigenvalue weighted by atomic mass is 9.97. The number of hydrogen-bond donors (Lipinski definition) is 9. The van der Waals surface area contributed by atoms with Gasteiger partial charge in [-0.2, -0.15) is 0 Å². The van der Waals surface area contributed by atoms with Crippen molar-refractivity contribution in [2.45, 2.75) is 306 Å². The third-order valence-electron chi connectivity index (χ3n) is 14.5. The Morgan fingerprint density at radius 2 is 0.892 bits per heavy atom. The van der Waals surface area contributed by atoms with Gasteiger partial charge in [0.15, 0.2) is 12.6 Å². The molecule has 2 saturated heterocycles. The molecule has 12 atom stereocenters. The van der Waals surface area contributed by atoms with Gasteiger partial charge in [-0.15, -0.1) is 0 Å². The number of aliphatic hydroxyl groups is 8. The fraction of sp³-hybridized carbons (Fsp3) is 0.850. The molecule has 0 aromatic carbocycles. The number of carbonyl (C=O) groups excluding carboxylic acids is 1. The zero-order chi connectivity index (χ0) is 53.9. The van der Waals surface area contributed by atoms with E-state index in [4.69, 9.17) is 18.9 Å². The van der Waals surface area contributed by atoms with Crippen molar-refractivity contribution in [3.63, 3.8) is 0 Å². The minimum atomic E-state index is -1.79. The minimum absolute atomic E-state index is 0.245. The Morgan fingerprint density at radius 3 is 1.39 bits per heavy atom. The zero-order valence-corrected chi connectivity index (χ0v) is 46.3. The summed E-state index contributed by atoms with van der Waals surface area (Å²) < 4.78 is 22.6. The van der Waals surface area contributed by atoms with E-state index in [1.54, 1.807) is 6.08 Å². The summed E-state index contributed by atoms with van der Waals surface area (Å²) in [6.07, 6.45) is 41.1. The van der Waals surface area contributed by atoms with Crippen LogP contribution < -0.4 is 5.32 Å². The van der Waals surface area contributed by atoms with Crippen molar-refractivity contribution in [1.29, 1.82) is 0 Å². The molecule has 14 heteroatoms. The van der Waals surface area contributed by atoms with Gasteiger partial charge in [0.1, 0.15) is 48.8 Å². The highest BCUT2D eigenvalue weighted by Crippen LogP contribution is 2.30. The Labute approximate surface area is 448 Å². The maximum absolute atomic E-state index is 13.1. The molecule has 2 rings (SSSR count). The van der Waals surface area contributed by atoms with Gasteiger partial charge in [-0.3, -0.25) is 4.79 Å². The summed E-state index contributed by atoms with van der Waals surface area (Å²) in [4.78, 5) is 13.1. The van der Waals surface area contributed by atoms with Crippen LogP contribution in [0.2, 0.25) is 0 Å². The van der Waals surface area contributed by atoms with Gasteiger partial charge in [0.05, 0.1) is 32.0 Å². The SMILES string of the molecule is CCCCC/C=C/C(O)C(COC1OC(CO)C(OC2OC(CO)C(O)C(O)C2O)C(O)C1O)NC(=O)CCCCCCCCCCCCCCCCCCCCCC/C=C\C/C=C\C/C=C\CCCCCCC. The largest absolute Gasteiger partial charge is 0.394 e. The molecule has 14 nitrogen and oxygen atoms in total. The quantitative estimate of drug-likeness (QED) is 0.0205. The van der Waals surface area contributed by atoms with Crippen molar-refractivity contribution in [3.8, 4) is 0 Å².